The minimum Gasteiger partial charge on any atom is -0.369 e. The van der Waals surface area contributed by atoms with Crippen molar-refractivity contribution in [1.82, 2.24) is 4.90 Å². The Balaban J connectivity index is 1.63. The van der Waals surface area contributed by atoms with Gasteiger partial charge in [-0.25, -0.2) is 0 Å². The highest BCUT2D eigenvalue weighted by molar-refractivity contribution is 6.34. The van der Waals surface area contributed by atoms with Crippen LogP contribution in [0.4, 0.5) is 11.4 Å². The Hall–Kier alpha value is -2.04. The molecule has 4 nitrogen and oxygen atoms in total. The molecule has 3 rings (SSSR count). The van der Waals surface area contributed by atoms with E-state index in [1.165, 1.54) is 5.69 Å². The van der Waals surface area contributed by atoms with Crippen LogP contribution in [0.5, 0.6) is 0 Å². The van der Waals surface area contributed by atoms with E-state index in [-0.39, 0.29) is 5.91 Å². The number of rotatable bonds is 4. The Kier molecular flexibility index (Phi) is 5.38. The van der Waals surface area contributed by atoms with Crippen molar-refractivity contribution in [2.24, 2.45) is 0 Å². The van der Waals surface area contributed by atoms with Gasteiger partial charge in [0.1, 0.15) is 0 Å². The maximum atomic E-state index is 12.3. The summed E-state index contributed by atoms with van der Waals surface area (Å²) in [4.78, 5) is 17.1. The lowest BCUT2D eigenvalue weighted by Crippen LogP contribution is -2.46. The summed E-state index contributed by atoms with van der Waals surface area (Å²) in [6.45, 7) is 7.59. The van der Waals surface area contributed by atoms with Crippen LogP contribution in [0, 0.1) is 0 Å². The standard InChI is InChI=1S/C19H22ClN3O/c1-2-22-11-13-23(14-12-22)16-9-7-15(8-10-16)21-19(24)17-5-3-4-6-18(17)20/h3-10H,2,11-14H2,1H3,(H,21,24). The smallest absolute Gasteiger partial charge is 0.257 e. The van der Waals surface area contributed by atoms with Crippen molar-refractivity contribution in [3.05, 3.63) is 59.1 Å². The SMILES string of the molecule is CCN1CCN(c2ccc(NC(=O)c3ccccc3Cl)cc2)CC1. The second kappa shape index (κ2) is 7.69. The van der Waals surface area contributed by atoms with Crippen LogP contribution in [0.25, 0.3) is 0 Å². The van der Waals surface area contributed by atoms with Crippen LogP contribution in [0.3, 0.4) is 0 Å². The minimum atomic E-state index is -0.190. The number of nitrogens with zero attached hydrogens (tertiary/aromatic N) is 2. The second-order valence-corrected chi connectivity index (χ2v) is 6.31. The zero-order valence-corrected chi connectivity index (χ0v) is 14.6. The molecule has 1 fully saturated rings. The van der Waals surface area contributed by atoms with Crippen molar-refractivity contribution >= 4 is 28.9 Å². The summed E-state index contributed by atoms with van der Waals surface area (Å²) in [5, 5.41) is 3.35. The van der Waals surface area contributed by atoms with Gasteiger partial charge in [0.05, 0.1) is 10.6 Å². The Bertz CT molecular complexity index is 694. The fourth-order valence-electron chi connectivity index (χ4n) is 2.92. The molecule has 0 spiro atoms. The predicted octanol–water partition coefficient (Wildman–Crippen LogP) is 3.73. The number of benzene rings is 2. The zero-order chi connectivity index (χ0) is 16.9. The summed E-state index contributed by atoms with van der Waals surface area (Å²) in [5.74, 6) is -0.190. The average molecular weight is 344 g/mol. The lowest BCUT2D eigenvalue weighted by atomic mass is 10.2. The Morgan fingerprint density at radius 1 is 1.04 bits per heavy atom. The minimum absolute atomic E-state index is 0.190. The Morgan fingerprint density at radius 3 is 2.33 bits per heavy atom. The molecule has 1 amide bonds. The summed E-state index contributed by atoms with van der Waals surface area (Å²) in [5.41, 5.74) is 2.45. The molecule has 1 N–H and O–H groups in total. The molecular weight excluding hydrogens is 322 g/mol. The molecule has 0 bridgehead atoms. The lowest BCUT2D eigenvalue weighted by Gasteiger charge is -2.35. The summed E-state index contributed by atoms with van der Waals surface area (Å²) in [6.07, 6.45) is 0. The van der Waals surface area contributed by atoms with Crippen molar-refractivity contribution in [3.8, 4) is 0 Å². The van der Waals surface area contributed by atoms with Gasteiger partial charge in [0.15, 0.2) is 0 Å². The van der Waals surface area contributed by atoms with E-state index in [1.807, 2.05) is 18.2 Å². The summed E-state index contributed by atoms with van der Waals surface area (Å²) in [7, 11) is 0. The molecule has 2 aromatic rings. The molecule has 0 aromatic heterocycles. The van der Waals surface area contributed by atoms with Gasteiger partial charge in [0, 0.05) is 37.6 Å². The highest BCUT2D eigenvalue weighted by Gasteiger charge is 2.16. The number of amides is 1. The highest BCUT2D eigenvalue weighted by atomic mass is 35.5. The van der Waals surface area contributed by atoms with Crippen molar-refractivity contribution in [1.29, 1.82) is 0 Å². The van der Waals surface area contributed by atoms with Gasteiger partial charge in [0.2, 0.25) is 0 Å². The third-order valence-corrected chi connectivity index (χ3v) is 4.76. The van der Waals surface area contributed by atoms with Crippen molar-refractivity contribution in [2.45, 2.75) is 6.92 Å². The summed E-state index contributed by atoms with van der Waals surface area (Å²) in [6, 6.07) is 15.1. The Labute approximate surface area is 148 Å². The van der Waals surface area contributed by atoms with E-state index in [4.69, 9.17) is 11.6 Å². The average Bonchev–Trinajstić information content (AvgIpc) is 2.63. The third kappa shape index (κ3) is 3.89. The number of hydrogen-bond acceptors (Lipinski definition) is 3. The molecule has 126 valence electrons. The first kappa shape index (κ1) is 16.8. The molecule has 0 atom stereocenters. The first-order valence-corrected chi connectivity index (χ1v) is 8.68. The van der Waals surface area contributed by atoms with Gasteiger partial charge in [-0.05, 0) is 42.9 Å². The number of carbonyl (C=O) groups is 1. The van der Waals surface area contributed by atoms with Crippen LogP contribution in [-0.2, 0) is 0 Å². The molecule has 1 heterocycles. The van der Waals surface area contributed by atoms with Gasteiger partial charge in [-0.15, -0.1) is 0 Å². The van der Waals surface area contributed by atoms with E-state index in [0.29, 0.717) is 10.6 Å². The monoisotopic (exact) mass is 343 g/mol. The van der Waals surface area contributed by atoms with E-state index in [1.54, 1.807) is 18.2 Å². The molecule has 5 heteroatoms. The topological polar surface area (TPSA) is 35.6 Å². The fraction of sp³-hybridized carbons (Fsp3) is 0.316. The van der Waals surface area contributed by atoms with Crippen LogP contribution in [-0.4, -0.2) is 43.5 Å². The van der Waals surface area contributed by atoms with Gasteiger partial charge in [-0.2, -0.15) is 0 Å². The number of hydrogen-bond donors (Lipinski definition) is 1. The van der Waals surface area contributed by atoms with Gasteiger partial charge in [-0.1, -0.05) is 30.7 Å². The number of piperazine rings is 1. The quantitative estimate of drug-likeness (QED) is 0.918. The first-order chi connectivity index (χ1) is 11.7. The number of anilines is 2. The second-order valence-electron chi connectivity index (χ2n) is 5.90. The maximum absolute atomic E-state index is 12.3. The molecule has 0 unspecified atom stereocenters. The molecule has 1 aliphatic heterocycles. The molecule has 24 heavy (non-hydrogen) atoms. The number of halogens is 1. The highest BCUT2D eigenvalue weighted by Crippen LogP contribution is 2.21. The van der Waals surface area contributed by atoms with Crippen molar-refractivity contribution < 1.29 is 4.79 Å². The van der Waals surface area contributed by atoms with Gasteiger partial charge >= 0.3 is 0 Å². The van der Waals surface area contributed by atoms with Crippen LogP contribution in [0.1, 0.15) is 17.3 Å². The van der Waals surface area contributed by atoms with E-state index in [2.05, 4.69) is 34.2 Å². The molecule has 0 saturated carbocycles. The molecule has 0 aliphatic carbocycles. The van der Waals surface area contributed by atoms with Crippen LogP contribution in [0.2, 0.25) is 5.02 Å². The van der Waals surface area contributed by atoms with Gasteiger partial charge in [0.25, 0.3) is 5.91 Å². The van der Waals surface area contributed by atoms with Crippen LogP contribution in [0.15, 0.2) is 48.5 Å². The van der Waals surface area contributed by atoms with Gasteiger partial charge in [-0.3, -0.25) is 4.79 Å². The largest absolute Gasteiger partial charge is 0.369 e. The molecule has 0 radical (unpaired) electrons. The van der Waals surface area contributed by atoms with E-state index in [9.17, 15) is 4.79 Å². The Morgan fingerprint density at radius 2 is 1.71 bits per heavy atom. The number of carbonyl (C=O) groups excluding carboxylic acids is 1. The molecular formula is C19H22ClN3O. The number of nitrogens with one attached hydrogen (secondary N) is 1. The zero-order valence-electron chi connectivity index (χ0n) is 13.8. The van der Waals surface area contributed by atoms with Crippen molar-refractivity contribution in [2.75, 3.05) is 42.9 Å². The van der Waals surface area contributed by atoms with E-state index < -0.39 is 0 Å². The first-order valence-electron chi connectivity index (χ1n) is 8.30. The third-order valence-electron chi connectivity index (χ3n) is 4.43. The van der Waals surface area contributed by atoms with Crippen LogP contribution < -0.4 is 10.2 Å². The van der Waals surface area contributed by atoms with Crippen LogP contribution >= 0.6 is 11.6 Å². The van der Waals surface area contributed by atoms with Gasteiger partial charge < -0.3 is 15.1 Å². The normalized spacial score (nSPS) is 15.3. The molecule has 2 aromatic carbocycles. The summed E-state index contributed by atoms with van der Waals surface area (Å²) >= 11 is 6.06. The maximum Gasteiger partial charge on any atom is 0.257 e. The van der Waals surface area contributed by atoms with E-state index in [0.717, 1.165) is 38.4 Å². The molecule has 1 aliphatic rings. The predicted molar refractivity (Wildman–Crippen MR) is 100 cm³/mol. The number of likely N-dealkylation sites (N-methyl/N-ethyl adjacent to an activating group) is 1. The summed E-state index contributed by atoms with van der Waals surface area (Å²) < 4.78 is 0. The lowest BCUT2D eigenvalue weighted by molar-refractivity contribution is 0.102. The van der Waals surface area contributed by atoms with E-state index >= 15 is 0 Å². The fourth-order valence-corrected chi connectivity index (χ4v) is 3.14. The van der Waals surface area contributed by atoms with Crippen molar-refractivity contribution in [3.63, 3.8) is 0 Å². The molecule has 1 saturated heterocycles.